The number of amides is 2. The van der Waals surface area contributed by atoms with Crippen LogP contribution in [0.1, 0.15) is 10.4 Å². The first-order valence-electron chi connectivity index (χ1n) is 7.35. The van der Waals surface area contributed by atoms with Crippen molar-refractivity contribution in [3.8, 4) is 5.75 Å². The molecule has 25 heavy (non-hydrogen) atoms. The van der Waals surface area contributed by atoms with E-state index in [1.807, 2.05) is 0 Å². The Morgan fingerprint density at radius 3 is 2.44 bits per heavy atom. The summed E-state index contributed by atoms with van der Waals surface area (Å²) in [6.45, 7) is -0.292. The maximum absolute atomic E-state index is 11.9. The molecule has 2 rings (SSSR count). The van der Waals surface area contributed by atoms with E-state index in [0.717, 1.165) is 0 Å². The van der Waals surface area contributed by atoms with Crippen LogP contribution in [-0.2, 0) is 4.79 Å². The first-order chi connectivity index (χ1) is 11.9. The van der Waals surface area contributed by atoms with Gasteiger partial charge < -0.3 is 15.0 Å². The maximum atomic E-state index is 11.9. The van der Waals surface area contributed by atoms with Crippen molar-refractivity contribution >= 4 is 23.2 Å². The Balaban J connectivity index is 1.91. The number of carbonyl (C=O) groups is 2. The standard InChI is InChI=1S/C17H17N3O5/c1-19(2)17(22)12-6-8-13(9-7-12)18-16(21)11-25-15-5-3-4-14(10-15)20(23)24/h3-10H,11H2,1-2H3,(H,18,21). The van der Waals surface area contributed by atoms with Gasteiger partial charge in [0, 0.05) is 31.4 Å². The van der Waals surface area contributed by atoms with E-state index in [0.29, 0.717) is 11.3 Å². The van der Waals surface area contributed by atoms with Gasteiger partial charge in [0.05, 0.1) is 11.0 Å². The van der Waals surface area contributed by atoms with E-state index in [4.69, 9.17) is 4.74 Å². The molecule has 0 heterocycles. The van der Waals surface area contributed by atoms with E-state index >= 15 is 0 Å². The molecule has 0 aliphatic carbocycles. The molecule has 0 fully saturated rings. The quantitative estimate of drug-likeness (QED) is 0.640. The largest absolute Gasteiger partial charge is 0.484 e. The van der Waals surface area contributed by atoms with Crippen LogP contribution in [0.25, 0.3) is 0 Å². The van der Waals surface area contributed by atoms with E-state index in [-0.39, 0.29) is 24.0 Å². The fourth-order valence-corrected chi connectivity index (χ4v) is 1.99. The SMILES string of the molecule is CN(C)C(=O)c1ccc(NC(=O)COc2cccc([N+](=O)[O-])c2)cc1. The van der Waals surface area contributed by atoms with E-state index in [1.54, 1.807) is 38.4 Å². The molecule has 0 atom stereocenters. The monoisotopic (exact) mass is 343 g/mol. The molecule has 0 spiro atoms. The summed E-state index contributed by atoms with van der Waals surface area (Å²) in [5, 5.41) is 13.3. The van der Waals surface area contributed by atoms with Crippen molar-refractivity contribution < 1.29 is 19.2 Å². The Kier molecular flexibility index (Phi) is 5.67. The van der Waals surface area contributed by atoms with E-state index in [2.05, 4.69) is 5.32 Å². The average molecular weight is 343 g/mol. The van der Waals surface area contributed by atoms with Crippen molar-refractivity contribution in [3.63, 3.8) is 0 Å². The first-order valence-corrected chi connectivity index (χ1v) is 7.35. The van der Waals surface area contributed by atoms with Crippen LogP contribution >= 0.6 is 0 Å². The molecule has 0 unspecified atom stereocenters. The molecule has 8 heteroatoms. The van der Waals surface area contributed by atoms with Gasteiger partial charge in [-0.2, -0.15) is 0 Å². The van der Waals surface area contributed by atoms with Gasteiger partial charge in [-0.05, 0) is 30.3 Å². The molecule has 0 aromatic heterocycles. The average Bonchev–Trinajstić information content (AvgIpc) is 2.60. The Hall–Kier alpha value is -3.42. The van der Waals surface area contributed by atoms with Crippen molar-refractivity contribution in [3.05, 3.63) is 64.2 Å². The van der Waals surface area contributed by atoms with E-state index in [9.17, 15) is 19.7 Å². The van der Waals surface area contributed by atoms with Gasteiger partial charge in [-0.3, -0.25) is 19.7 Å². The lowest BCUT2D eigenvalue weighted by molar-refractivity contribution is -0.384. The molecule has 0 saturated heterocycles. The molecule has 0 radical (unpaired) electrons. The molecule has 2 aromatic carbocycles. The molecule has 0 bridgehead atoms. The normalized spacial score (nSPS) is 10.0. The molecule has 0 aliphatic rings. The zero-order chi connectivity index (χ0) is 18.4. The summed E-state index contributed by atoms with van der Waals surface area (Å²) in [6, 6.07) is 12.0. The summed E-state index contributed by atoms with van der Waals surface area (Å²) < 4.78 is 5.25. The van der Waals surface area contributed by atoms with Gasteiger partial charge >= 0.3 is 0 Å². The smallest absolute Gasteiger partial charge is 0.273 e. The highest BCUT2D eigenvalue weighted by atomic mass is 16.6. The number of nitrogens with one attached hydrogen (secondary N) is 1. The number of nitro benzene ring substituents is 1. The summed E-state index contributed by atoms with van der Waals surface area (Å²) in [6.07, 6.45) is 0. The predicted octanol–water partition coefficient (Wildman–Crippen LogP) is 2.31. The summed E-state index contributed by atoms with van der Waals surface area (Å²) in [5.74, 6) is -0.318. The van der Waals surface area contributed by atoms with Crippen molar-refractivity contribution in [2.45, 2.75) is 0 Å². The van der Waals surface area contributed by atoms with Crippen molar-refractivity contribution in [2.24, 2.45) is 0 Å². The lowest BCUT2D eigenvalue weighted by Gasteiger charge is -2.11. The second kappa shape index (κ2) is 7.91. The lowest BCUT2D eigenvalue weighted by Crippen LogP contribution is -2.22. The zero-order valence-electron chi connectivity index (χ0n) is 13.8. The number of carbonyl (C=O) groups excluding carboxylic acids is 2. The molecule has 1 N–H and O–H groups in total. The predicted molar refractivity (Wildman–Crippen MR) is 91.7 cm³/mol. The van der Waals surface area contributed by atoms with Gasteiger partial charge in [0.25, 0.3) is 17.5 Å². The summed E-state index contributed by atoms with van der Waals surface area (Å²) in [5.41, 5.74) is 0.915. The lowest BCUT2D eigenvalue weighted by atomic mass is 10.2. The number of anilines is 1. The summed E-state index contributed by atoms with van der Waals surface area (Å²) >= 11 is 0. The van der Waals surface area contributed by atoms with Crippen LogP contribution in [0, 0.1) is 10.1 Å². The van der Waals surface area contributed by atoms with Crippen LogP contribution in [0.2, 0.25) is 0 Å². The Morgan fingerprint density at radius 2 is 1.84 bits per heavy atom. The van der Waals surface area contributed by atoms with Crippen LogP contribution in [0.15, 0.2) is 48.5 Å². The second-order valence-electron chi connectivity index (χ2n) is 5.37. The highest BCUT2D eigenvalue weighted by Crippen LogP contribution is 2.19. The molecular formula is C17H17N3O5. The Labute approximate surface area is 144 Å². The van der Waals surface area contributed by atoms with Crippen LogP contribution in [0.3, 0.4) is 0 Å². The summed E-state index contributed by atoms with van der Waals surface area (Å²) in [4.78, 5) is 35.3. The molecule has 8 nitrogen and oxygen atoms in total. The minimum Gasteiger partial charge on any atom is -0.484 e. The molecule has 2 amide bonds. The van der Waals surface area contributed by atoms with Crippen LogP contribution in [-0.4, -0.2) is 42.3 Å². The third-order valence-electron chi connectivity index (χ3n) is 3.22. The van der Waals surface area contributed by atoms with Crippen LogP contribution < -0.4 is 10.1 Å². The fraction of sp³-hybridized carbons (Fsp3) is 0.176. The number of ether oxygens (including phenoxy) is 1. The van der Waals surface area contributed by atoms with Gasteiger partial charge in [0.2, 0.25) is 0 Å². The van der Waals surface area contributed by atoms with Crippen molar-refractivity contribution in [1.82, 2.24) is 4.90 Å². The molecule has 2 aromatic rings. The van der Waals surface area contributed by atoms with Crippen LogP contribution in [0.4, 0.5) is 11.4 Å². The number of hydrogen-bond acceptors (Lipinski definition) is 5. The third-order valence-corrected chi connectivity index (χ3v) is 3.22. The zero-order valence-corrected chi connectivity index (χ0v) is 13.8. The molecule has 0 aliphatic heterocycles. The number of nitrogens with zero attached hydrogens (tertiary/aromatic N) is 2. The van der Waals surface area contributed by atoms with Gasteiger partial charge in [-0.15, -0.1) is 0 Å². The van der Waals surface area contributed by atoms with Crippen molar-refractivity contribution in [1.29, 1.82) is 0 Å². The highest BCUT2D eigenvalue weighted by molar-refractivity contribution is 5.95. The van der Waals surface area contributed by atoms with Crippen LogP contribution in [0.5, 0.6) is 5.75 Å². The van der Waals surface area contributed by atoms with Gasteiger partial charge in [-0.25, -0.2) is 0 Å². The van der Waals surface area contributed by atoms with Gasteiger partial charge in [0.1, 0.15) is 5.75 Å². The van der Waals surface area contributed by atoms with E-state index in [1.165, 1.54) is 29.2 Å². The third kappa shape index (κ3) is 5.03. The first kappa shape index (κ1) is 17.9. The van der Waals surface area contributed by atoms with Gasteiger partial charge in [-0.1, -0.05) is 6.07 Å². The number of benzene rings is 2. The Morgan fingerprint density at radius 1 is 1.16 bits per heavy atom. The van der Waals surface area contributed by atoms with Gasteiger partial charge in [0.15, 0.2) is 6.61 Å². The number of rotatable bonds is 6. The Bertz CT molecular complexity index is 787. The fourth-order valence-electron chi connectivity index (χ4n) is 1.99. The summed E-state index contributed by atoms with van der Waals surface area (Å²) in [7, 11) is 3.31. The molecule has 130 valence electrons. The number of nitro groups is 1. The van der Waals surface area contributed by atoms with Crippen molar-refractivity contribution in [2.75, 3.05) is 26.0 Å². The maximum Gasteiger partial charge on any atom is 0.273 e. The molecular weight excluding hydrogens is 326 g/mol. The van der Waals surface area contributed by atoms with E-state index < -0.39 is 10.8 Å². The number of hydrogen-bond donors (Lipinski definition) is 1. The highest BCUT2D eigenvalue weighted by Gasteiger charge is 2.10. The minimum absolute atomic E-state index is 0.112. The number of non-ortho nitro benzene ring substituents is 1. The topological polar surface area (TPSA) is 102 Å². The minimum atomic E-state index is -0.538. The second-order valence-corrected chi connectivity index (χ2v) is 5.37. The molecule has 0 saturated carbocycles.